The molecule has 0 saturated carbocycles. The highest BCUT2D eigenvalue weighted by molar-refractivity contribution is 5.88. The van der Waals surface area contributed by atoms with Gasteiger partial charge in [0.15, 0.2) is 5.82 Å². The fourth-order valence-electron chi connectivity index (χ4n) is 1.15. The Morgan fingerprint density at radius 3 is 2.33 bits per heavy atom. The van der Waals surface area contributed by atoms with Crippen molar-refractivity contribution in [1.82, 2.24) is 15.1 Å². The smallest absolute Gasteiger partial charge is 0.153 e. The van der Waals surface area contributed by atoms with Crippen LogP contribution in [-0.4, -0.2) is 35.7 Å². The molecule has 0 fully saturated rings. The van der Waals surface area contributed by atoms with Crippen LogP contribution in [0.1, 0.15) is 26.3 Å². The SMILES string of the molecule is CC.CCN(C)C.Cc1ccc2[nH]nc(N)c2c1. The number of aromatic nitrogens is 2. The Kier molecular flexibility index (Phi) is 7.79. The third-order valence-corrected chi connectivity index (χ3v) is 2.38. The van der Waals surface area contributed by atoms with Crippen LogP contribution in [0.2, 0.25) is 0 Å². The summed E-state index contributed by atoms with van der Waals surface area (Å²) in [4.78, 5) is 2.12. The van der Waals surface area contributed by atoms with Gasteiger partial charge in [-0.1, -0.05) is 32.4 Å². The van der Waals surface area contributed by atoms with Crippen molar-refractivity contribution in [3.8, 4) is 0 Å². The van der Waals surface area contributed by atoms with E-state index in [1.54, 1.807) is 0 Å². The van der Waals surface area contributed by atoms with Crippen LogP contribution in [-0.2, 0) is 0 Å². The summed E-state index contributed by atoms with van der Waals surface area (Å²) in [6.45, 7) is 9.30. The van der Waals surface area contributed by atoms with Crippen LogP contribution >= 0.6 is 0 Å². The van der Waals surface area contributed by atoms with Crippen LogP contribution in [0, 0.1) is 6.92 Å². The molecular weight excluding hydrogens is 224 g/mol. The van der Waals surface area contributed by atoms with Crippen LogP contribution in [0.25, 0.3) is 10.9 Å². The summed E-state index contributed by atoms with van der Waals surface area (Å²) in [7, 11) is 4.11. The average Bonchev–Trinajstić information content (AvgIpc) is 2.74. The molecule has 2 rings (SSSR count). The molecule has 0 saturated heterocycles. The van der Waals surface area contributed by atoms with Gasteiger partial charge in [0, 0.05) is 5.39 Å². The quantitative estimate of drug-likeness (QED) is 0.818. The molecule has 0 bridgehead atoms. The number of aromatic amines is 1. The lowest BCUT2D eigenvalue weighted by Crippen LogP contribution is -2.08. The molecule has 102 valence electrons. The zero-order valence-electron chi connectivity index (χ0n) is 12.4. The Balaban J connectivity index is 0.000000354. The van der Waals surface area contributed by atoms with Crippen LogP contribution < -0.4 is 5.73 Å². The van der Waals surface area contributed by atoms with Gasteiger partial charge < -0.3 is 10.6 Å². The van der Waals surface area contributed by atoms with Crippen molar-refractivity contribution >= 4 is 16.7 Å². The second-order valence-electron chi connectivity index (χ2n) is 4.05. The number of rotatable bonds is 1. The van der Waals surface area contributed by atoms with Gasteiger partial charge in [0.1, 0.15) is 0 Å². The van der Waals surface area contributed by atoms with Crippen molar-refractivity contribution in [2.24, 2.45) is 0 Å². The standard InChI is InChI=1S/C8H9N3.C4H11N.C2H6/c1-5-2-3-7-6(4-5)8(9)11-10-7;1-4-5(2)3;1-2/h2-4H,1H3,(H3,9,10,11);4H2,1-3H3;1-2H3. The van der Waals surface area contributed by atoms with Crippen LogP contribution in [0.15, 0.2) is 18.2 Å². The molecular formula is C14H26N4. The van der Waals surface area contributed by atoms with Crippen molar-refractivity contribution in [3.63, 3.8) is 0 Å². The lowest BCUT2D eigenvalue weighted by molar-refractivity contribution is 0.434. The van der Waals surface area contributed by atoms with Gasteiger partial charge in [-0.15, -0.1) is 0 Å². The third kappa shape index (κ3) is 5.19. The lowest BCUT2D eigenvalue weighted by Gasteiger charge is -2.00. The normalized spacial score (nSPS) is 9.50. The number of aryl methyl sites for hydroxylation is 1. The van der Waals surface area contributed by atoms with Gasteiger partial charge in [-0.25, -0.2) is 0 Å². The second kappa shape index (κ2) is 8.53. The number of fused-ring (bicyclic) bond motifs is 1. The Morgan fingerprint density at radius 1 is 1.28 bits per heavy atom. The Hall–Kier alpha value is -1.55. The van der Waals surface area contributed by atoms with E-state index < -0.39 is 0 Å². The molecule has 3 N–H and O–H groups in total. The molecule has 0 aliphatic heterocycles. The van der Waals surface area contributed by atoms with E-state index in [0.29, 0.717) is 5.82 Å². The van der Waals surface area contributed by atoms with Gasteiger partial charge in [-0.05, 0) is 39.7 Å². The number of anilines is 1. The van der Waals surface area contributed by atoms with Crippen LogP contribution in [0.4, 0.5) is 5.82 Å². The molecule has 0 spiro atoms. The van der Waals surface area contributed by atoms with Crippen LogP contribution in [0.5, 0.6) is 0 Å². The maximum atomic E-state index is 5.60. The summed E-state index contributed by atoms with van der Waals surface area (Å²) >= 11 is 0. The maximum absolute atomic E-state index is 5.60. The molecule has 0 unspecified atom stereocenters. The summed E-state index contributed by atoms with van der Waals surface area (Å²) in [5.41, 5.74) is 7.80. The number of benzene rings is 1. The molecule has 1 aromatic heterocycles. The average molecular weight is 250 g/mol. The highest BCUT2D eigenvalue weighted by Crippen LogP contribution is 2.18. The van der Waals surface area contributed by atoms with E-state index in [9.17, 15) is 0 Å². The van der Waals surface area contributed by atoms with Gasteiger partial charge in [-0.3, -0.25) is 5.10 Å². The van der Waals surface area contributed by atoms with Gasteiger partial charge in [0.25, 0.3) is 0 Å². The highest BCUT2D eigenvalue weighted by Gasteiger charge is 1.99. The third-order valence-electron chi connectivity index (χ3n) is 2.38. The summed E-state index contributed by atoms with van der Waals surface area (Å²) < 4.78 is 0. The Bertz CT molecular complexity index is 446. The fourth-order valence-corrected chi connectivity index (χ4v) is 1.15. The van der Waals surface area contributed by atoms with Gasteiger partial charge >= 0.3 is 0 Å². The predicted octanol–water partition coefficient (Wildman–Crippen LogP) is 3.05. The van der Waals surface area contributed by atoms with Crippen molar-refractivity contribution in [2.75, 3.05) is 26.4 Å². The van der Waals surface area contributed by atoms with Gasteiger partial charge in [0.2, 0.25) is 0 Å². The van der Waals surface area contributed by atoms with Crippen molar-refractivity contribution in [1.29, 1.82) is 0 Å². The van der Waals surface area contributed by atoms with Gasteiger partial charge in [0.05, 0.1) is 5.52 Å². The predicted molar refractivity (Wildman–Crippen MR) is 80.8 cm³/mol. The van der Waals surface area contributed by atoms with E-state index in [0.717, 1.165) is 17.4 Å². The highest BCUT2D eigenvalue weighted by atomic mass is 15.1. The lowest BCUT2D eigenvalue weighted by atomic mass is 10.2. The molecule has 18 heavy (non-hydrogen) atoms. The number of nitrogens with zero attached hydrogens (tertiary/aromatic N) is 2. The first-order chi connectivity index (χ1) is 8.54. The molecule has 4 nitrogen and oxygen atoms in total. The van der Waals surface area contributed by atoms with E-state index in [4.69, 9.17) is 5.73 Å². The Labute approximate surface area is 110 Å². The second-order valence-corrected chi connectivity index (χ2v) is 4.05. The van der Waals surface area contributed by atoms with Crippen molar-refractivity contribution in [3.05, 3.63) is 23.8 Å². The van der Waals surface area contributed by atoms with E-state index in [2.05, 4.69) is 36.1 Å². The minimum absolute atomic E-state index is 0.573. The molecule has 0 radical (unpaired) electrons. The zero-order chi connectivity index (χ0) is 14.1. The number of nitrogen functional groups attached to an aromatic ring is 1. The van der Waals surface area contributed by atoms with E-state index >= 15 is 0 Å². The number of nitrogens with two attached hydrogens (primary N) is 1. The monoisotopic (exact) mass is 250 g/mol. The summed E-state index contributed by atoms with van der Waals surface area (Å²) in [5.74, 6) is 0.573. The molecule has 0 atom stereocenters. The molecule has 0 aliphatic rings. The first kappa shape index (κ1) is 16.4. The minimum atomic E-state index is 0.573. The van der Waals surface area contributed by atoms with E-state index in [-0.39, 0.29) is 0 Å². The first-order valence-corrected chi connectivity index (χ1v) is 6.39. The van der Waals surface area contributed by atoms with Crippen molar-refractivity contribution in [2.45, 2.75) is 27.7 Å². The zero-order valence-corrected chi connectivity index (χ0v) is 12.4. The topological polar surface area (TPSA) is 57.9 Å². The number of nitrogens with one attached hydrogen (secondary N) is 1. The molecule has 4 heteroatoms. The van der Waals surface area contributed by atoms with E-state index in [1.807, 2.05) is 39.0 Å². The van der Waals surface area contributed by atoms with Crippen LogP contribution in [0.3, 0.4) is 0 Å². The maximum Gasteiger partial charge on any atom is 0.153 e. The van der Waals surface area contributed by atoms with Gasteiger partial charge in [-0.2, -0.15) is 5.10 Å². The Morgan fingerprint density at radius 2 is 1.83 bits per heavy atom. The molecule has 0 amide bonds. The summed E-state index contributed by atoms with van der Waals surface area (Å²) in [6.07, 6.45) is 0. The number of hydrogen-bond acceptors (Lipinski definition) is 3. The fraction of sp³-hybridized carbons (Fsp3) is 0.500. The molecule has 1 aromatic carbocycles. The van der Waals surface area contributed by atoms with Crippen molar-refractivity contribution < 1.29 is 0 Å². The summed E-state index contributed by atoms with van der Waals surface area (Å²) in [6, 6.07) is 6.03. The molecule has 0 aliphatic carbocycles. The molecule has 2 aromatic rings. The number of hydrogen-bond donors (Lipinski definition) is 2. The minimum Gasteiger partial charge on any atom is -0.382 e. The number of H-pyrrole nitrogens is 1. The largest absolute Gasteiger partial charge is 0.382 e. The summed E-state index contributed by atoms with van der Waals surface area (Å²) in [5, 5.41) is 7.73. The molecule has 1 heterocycles. The first-order valence-electron chi connectivity index (χ1n) is 6.39. The van der Waals surface area contributed by atoms with E-state index in [1.165, 1.54) is 5.56 Å².